The minimum atomic E-state index is -0.189. The average molecular weight is 305 g/mol. The van der Waals surface area contributed by atoms with Crippen LogP contribution in [0, 0.1) is 16.3 Å². The van der Waals surface area contributed by atoms with Crippen LogP contribution in [0.15, 0.2) is 24.8 Å². The van der Waals surface area contributed by atoms with Gasteiger partial charge in [-0.25, -0.2) is 4.39 Å². The van der Waals surface area contributed by atoms with Gasteiger partial charge in [-0.05, 0) is 59.2 Å². The summed E-state index contributed by atoms with van der Waals surface area (Å²) in [6, 6.07) is 3.27. The van der Waals surface area contributed by atoms with E-state index in [0.717, 1.165) is 9.13 Å². The number of benzene rings is 1. The molecule has 0 fully saturated rings. The van der Waals surface area contributed by atoms with E-state index < -0.39 is 0 Å². The van der Waals surface area contributed by atoms with Gasteiger partial charge in [0.1, 0.15) is 5.82 Å². The highest BCUT2D eigenvalue weighted by Gasteiger charge is 2.09. The lowest BCUT2D eigenvalue weighted by Gasteiger charge is -2.11. The number of halogens is 2. The molecule has 0 radical (unpaired) electrons. The summed E-state index contributed by atoms with van der Waals surface area (Å²) in [7, 11) is 0. The summed E-state index contributed by atoms with van der Waals surface area (Å²) < 4.78 is 14.3. The number of hydrogen-bond acceptors (Lipinski definition) is 1. The van der Waals surface area contributed by atoms with E-state index in [4.69, 9.17) is 5.73 Å². The van der Waals surface area contributed by atoms with Gasteiger partial charge in [-0.2, -0.15) is 0 Å². The summed E-state index contributed by atoms with van der Waals surface area (Å²) in [5.41, 5.74) is 7.36. The van der Waals surface area contributed by atoms with Crippen LogP contribution in [0.4, 0.5) is 4.39 Å². The van der Waals surface area contributed by atoms with Crippen LogP contribution in [-0.4, -0.2) is 0 Å². The fourth-order valence-electron chi connectivity index (χ4n) is 1.19. The fourth-order valence-corrected chi connectivity index (χ4v) is 1.81. The van der Waals surface area contributed by atoms with Crippen molar-refractivity contribution in [1.82, 2.24) is 0 Å². The minimum Gasteiger partial charge on any atom is -0.324 e. The Morgan fingerprint density at radius 1 is 1.64 bits per heavy atom. The van der Waals surface area contributed by atoms with Crippen LogP contribution in [-0.2, 0) is 0 Å². The molecule has 2 N–H and O–H groups in total. The summed E-state index contributed by atoms with van der Waals surface area (Å²) in [6.45, 7) is 5.38. The van der Waals surface area contributed by atoms with Crippen molar-refractivity contribution >= 4 is 22.6 Å². The molecule has 0 aliphatic rings. The Morgan fingerprint density at radius 2 is 2.29 bits per heavy atom. The molecule has 76 valence electrons. The molecular formula is C11H13FIN. The standard InChI is InChI=1S/C11H13FIN/c1-3-4-11(14)8-5-9(12)7(2)10(13)6-8/h3,5-6,11H,1,4,14H2,2H3. The van der Waals surface area contributed by atoms with E-state index in [1.54, 1.807) is 13.0 Å². The summed E-state index contributed by atoms with van der Waals surface area (Å²) in [5, 5.41) is 0. The van der Waals surface area contributed by atoms with Crippen LogP contribution in [0.5, 0.6) is 0 Å². The highest BCUT2D eigenvalue weighted by atomic mass is 127. The lowest BCUT2D eigenvalue weighted by molar-refractivity contribution is 0.609. The van der Waals surface area contributed by atoms with E-state index in [2.05, 4.69) is 29.2 Å². The SMILES string of the molecule is C=CCC(N)c1cc(F)c(C)c(I)c1. The van der Waals surface area contributed by atoms with Crippen molar-refractivity contribution in [2.75, 3.05) is 0 Å². The van der Waals surface area contributed by atoms with Gasteiger partial charge in [-0.15, -0.1) is 6.58 Å². The van der Waals surface area contributed by atoms with E-state index >= 15 is 0 Å². The van der Waals surface area contributed by atoms with Crippen LogP contribution < -0.4 is 5.73 Å². The van der Waals surface area contributed by atoms with Gasteiger partial charge in [0.2, 0.25) is 0 Å². The van der Waals surface area contributed by atoms with Crippen LogP contribution in [0.3, 0.4) is 0 Å². The van der Waals surface area contributed by atoms with Crippen molar-refractivity contribution in [3.8, 4) is 0 Å². The molecule has 0 spiro atoms. The van der Waals surface area contributed by atoms with Crippen molar-refractivity contribution < 1.29 is 4.39 Å². The molecule has 0 heterocycles. The first-order valence-corrected chi connectivity index (χ1v) is 5.46. The van der Waals surface area contributed by atoms with Crippen LogP contribution in [0.25, 0.3) is 0 Å². The van der Waals surface area contributed by atoms with Gasteiger partial charge in [0.05, 0.1) is 0 Å². The summed E-state index contributed by atoms with van der Waals surface area (Å²) in [6.07, 6.45) is 2.41. The number of rotatable bonds is 3. The molecule has 1 aromatic rings. The second-order valence-corrected chi connectivity index (χ2v) is 4.40. The highest BCUT2D eigenvalue weighted by Crippen LogP contribution is 2.22. The van der Waals surface area contributed by atoms with Gasteiger partial charge in [0, 0.05) is 9.61 Å². The van der Waals surface area contributed by atoms with Gasteiger partial charge < -0.3 is 5.73 Å². The molecule has 0 saturated carbocycles. The normalized spacial score (nSPS) is 12.6. The predicted molar refractivity (Wildman–Crippen MR) is 65.6 cm³/mol. The number of hydrogen-bond donors (Lipinski definition) is 1. The maximum absolute atomic E-state index is 13.4. The van der Waals surface area contributed by atoms with Crippen LogP contribution in [0.1, 0.15) is 23.6 Å². The Morgan fingerprint density at radius 3 is 2.79 bits per heavy atom. The predicted octanol–water partition coefficient (Wildman–Crippen LogP) is 3.31. The molecule has 0 aromatic heterocycles. The van der Waals surface area contributed by atoms with Gasteiger partial charge in [0.15, 0.2) is 0 Å². The zero-order chi connectivity index (χ0) is 10.7. The minimum absolute atomic E-state index is 0.156. The van der Waals surface area contributed by atoms with Gasteiger partial charge in [-0.1, -0.05) is 6.08 Å². The first-order valence-electron chi connectivity index (χ1n) is 4.38. The maximum Gasteiger partial charge on any atom is 0.127 e. The molecule has 1 unspecified atom stereocenters. The summed E-state index contributed by atoms with van der Waals surface area (Å²) in [4.78, 5) is 0. The zero-order valence-corrected chi connectivity index (χ0v) is 10.2. The smallest absolute Gasteiger partial charge is 0.127 e. The number of nitrogens with two attached hydrogens (primary N) is 1. The second kappa shape index (κ2) is 4.89. The average Bonchev–Trinajstić information content (AvgIpc) is 2.13. The topological polar surface area (TPSA) is 26.0 Å². The molecule has 0 amide bonds. The molecule has 0 saturated heterocycles. The first kappa shape index (κ1) is 11.7. The fraction of sp³-hybridized carbons (Fsp3) is 0.273. The largest absolute Gasteiger partial charge is 0.324 e. The van der Waals surface area contributed by atoms with E-state index in [1.165, 1.54) is 6.07 Å². The Bertz CT molecular complexity index is 326. The third-order valence-corrected chi connectivity index (χ3v) is 3.27. The molecule has 0 bridgehead atoms. The van der Waals surface area contributed by atoms with Gasteiger partial charge in [-0.3, -0.25) is 0 Å². The zero-order valence-electron chi connectivity index (χ0n) is 8.06. The Kier molecular flexibility index (Phi) is 4.07. The lowest BCUT2D eigenvalue weighted by Crippen LogP contribution is -2.10. The third-order valence-electron chi connectivity index (χ3n) is 2.15. The van der Waals surface area contributed by atoms with Gasteiger partial charge >= 0.3 is 0 Å². The second-order valence-electron chi connectivity index (χ2n) is 3.24. The molecule has 1 rings (SSSR count). The van der Waals surface area contributed by atoms with Crippen molar-refractivity contribution in [3.05, 3.63) is 45.3 Å². The highest BCUT2D eigenvalue weighted by molar-refractivity contribution is 14.1. The van der Waals surface area contributed by atoms with E-state index in [9.17, 15) is 4.39 Å². The summed E-state index contributed by atoms with van der Waals surface area (Å²) in [5.74, 6) is -0.189. The van der Waals surface area contributed by atoms with Crippen LogP contribution >= 0.6 is 22.6 Å². The molecular weight excluding hydrogens is 292 g/mol. The van der Waals surface area contributed by atoms with Gasteiger partial charge in [0.25, 0.3) is 0 Å². The van der Waals surface area contributed by atoms with Crippen molar-refractivity contribution in [2.45, 2.75) is 19.4 Å². The Balaban J connectivity index is 3.05. The molecule has 3 heteroatoms. The Hall–Kier alpha value is -0.420. The van der Waals surface area contributed by atoms with Crippen LogP contribution in [0.2, 0.25) is 0 Å². The lowest BCUT2D eigenvalue weighted by atomic mass is 10.0. The summed E-state index contributed by atoms with van der Waals surface area (Å²) >= 11 is 2.12. The molecule has 1 nitrogen and oxygen atoms in total. The van der Waals surface area contributed by atoms with Crippen molar-refractivity contribution in [1.29, 1.82) is 0 Å². The van der Waals surface area contributed by atoms with E-state index in [-0.39, 0.29) is 11.9 Å². The van der Waals surface area contributed by atoms with Crippen molar-refractivity contribution in [3.63, 3.8) is 0 Å². The van der Waals surface area contributed by atoms with E-state index in [1.807, 2.05) is 6.07 Å². The third kappa shape index (κ3) is 2.54. The molecule has 0 aliphatic carbocycles. The molecule has 14 heavy (non-hydrogen) atoms. The maximum atomic E-state index is 13.4. The van der Waals surface area contributed by atoms with Crippen molar-refractivity contribution in [2.24, 2.45) is 5.73 Å². The van der Waals surface area contributed by atoms with E-state index in [0.29, 0.717) is 12.0 Å². The molecule has 1 atom stereocenters. The molecule has 1 aromatic carbocycles. The monoisotopic (exact) mass is 305 g/mol. The Labute approximate surface area is 97.3 Å². The molecule has 0 aliphatic heterocycles. The quantitative estimate of drug-likeness (QED) is 0.673. The first-order chi connectivity index (χ1) is 6.56.